The van der Waals surface area contributed by atoms with Crippen LogP contribution in [0.1, 0.15) is 32.3 Å². The monoisotopic (exact) mass is 276 g/mol. The first-order valence-corrected chi connectivity index (χ1v) is 6.71. The van der Waals surface area contributed by atoms with Gasteiger partial charge < -0.3 is 9.47 Å². The van der Waals surface area contributed by atoms with Crippen LogP contribution in [0, 0.1) is 0 Å². The predicted molar refractivity (Wildman–Crippen MR) is 76.2 cm³/mol. The summed E-state index contributed by atoms with van der Waals surface area (Å²) in [5, 5.41) is 0. The molecule has 0 aliphatic carbocycles. The maximum absolute atomic E-state index is 11.8. The van der Waals surface area contributed by atoms with Crippen LogP contribution < -0.4 is 0 Å². The van der Waals surface area contributed by atoms with Crippen molar-refractivity contribution < 1.29 is 19.1 Å². The van der Waals surface area contributed by atoms with Crippen molar-refractivity contribution in [3.63, 3.8) is 0 Å². The average Bonchev–Trinajstić information content (AvgIpc) is 2.45. The van der Waals surface area contributed by atoms with Crippen LogP contribution in [-0.4, -0.2) is 25.2 Å². The molecule has 20 heavy (non-hydrogen) atoms. The Morgan fingerprint density at radius 1 is 1.05 bits per heavy atom. The summed E-state index contributed by atoms with van der Waals surface area (Å²) in [7, 11) is 0. The summed E-state index contributed by atoms with van der Waals surface area (Å²) in [5.74, 6) is -1.37. The molecule has 0 radical (unpaired) electrons. The first kappa shape index (κ1) is 16.0. The van der Waals surface area contributed by atoms with Crippen LogP contribution >= 0.6 is 0 Å². The summed E-state index contributed by atoms with van der Waals surface area (Å²) >= 11 is 0. The second-order valence-corrected chi connectivity index (χ2v) is 4.22. The van der Waals surface area contributed by atoms with Gasteiger partial charge in [0.05, 0.1) is 13.2 Å². The number of allylic oxidation sites excluding steroid dienone is 1. The second kappa shape index (κ2) is 8.15. The van der Waals surface area contributed by atoms with E-state index < -0.39 is 11.9 Å². The van der Waals surface area contributed by atoms with Gasteiger partial charge in [-0.1, -0.05) is 43.3 Å². The van der Waals surface area contributed by atoms with Crippen molar-refractivity contribution >= 4 is 11.9 Å². The number of carbonyl (C=O) groups is 2. The Morgan fingerprint density at radius 2 is 1.55 bits per heavy atom. The number of hydrogen-bond donors (Lipinski definition) is 0. The van der Waals surface area contributed by atoms with Crippen molar-refractivity contribution in [3.8, 4) is 0 Å². The minimum Gasteiger partial charge on any atom is -0.462 e. The maximum atomic E-state index is 11.8. The Kier molecular flexibility index (Phi) is 6.50. The molecule has 0 fully saturated rings. The van der Waals surface area contributed by atoms with Crippen molar-refractivity contribution in [1.82, 2.24) is 0 Å². The maximum Gasteiger partial charge on any atom is 0.345 e. The van der Waals surface area contributed by atoms with Gasteiger partial charge in [-0.15, -0.1) is 0 Å². The topological polar surface area (TPSA) is 52.6 Å². The van der Waals surface area contributed by atoms with Gasteiger partial charge in [-0.2, -0.15) is 0 Å². The van der Waals surface area contributed by atoms with E-state index in [0.717, 1.165) is 5.56 Å². The molecule has 0 saturated carbocycles. The molecule has 0 heterocycles. The third-order valence-electron chi connectivity index (χ3n) is 2.73. The molecule has 1 atom stereocenters. The van der Waals surface area contributed by atoms with Crippen molar-refractivity contribution in [1.29, 1.82) is 0 Å². The number of rotatable bonds is 6. The minimum atomic E-state index is -0.645. The first-order chi connectivity index (χ1) is 9.60. The fourth-order valence-corrected chi connectivity index (χ4v) is 1.74. The largest absolute Gasteiger partial charge is 0.462 e. The van der Waals surface area contributed by atoms with E-state index in [-0.39, 0.29) is 24.7 Å². The first-order valence-electron chi connectivity index (χ1n) is 6.71. The van der Waals surface area contributed by atoms with Crippen molar-refractivity contribution in [2.24, 2.45) is 0 Å². The Hall–Kier alpha value is -2.10. The highest BCUT2D eigenvalue weighted by atomic mass is 16.6. The fraction of sp³-hybridized carbons (Fsp3) is 0.375. The van der Waals surface area contributed by atoms with Gasteiger partial charge in [-0.25, -0.2) is 9.59 Å². The van der Waals surface area contributed by atoms with E-state index >= 15 is 0 Å². The summed E-state index contributed by atoms with van der Waals surface area (Å²) < 4.78 is 9.80. The molecular weight excluding hydrogens is 256 g/mol. The molecule has 0 spiro atoms. The van der Waals surface area contributed by atoms with Crippen LogP contribution in [0.2, 0.25) is 0 Å². The molecule has 0 amide bonds. The number of esters is 2. The summed E-state index contributed by atoms with van der Waals surface area (Å²) in [6, 6.07) is 9.61. The highest BCUT2D eigenvalue weighted by Gasteiger charge is 2.22. The molecule has 4 heteroatoms. The van der Waals surface area contributed by atoms with Crippen LogP contribution in [0.25, 0.3) is 0 Å². The standard InChI is InChI=1S/C16H20O4/c1-4-19-15(17)14(16(18)20-5-2)11-12(3)13-9-7-6-8-10-13/h6-12H,4-5H2,1-3H3/t12-/m0/s1. The Balaban J connectivity index is 3.00. The lowest BCUT2D eigenvalue weighted by Gasteiger charge is -2.10. The van der Waals surface area contributed by atoms with Gasteiger partial charge in [0, 0.05) is 5.92 Å². The smallest absolute Gasteiger partial charge is 0.345 e. The normalized spacial score (nSPS) is 11.3. The molecule has 0 unspecified atom stereocenters. The number of benzene rings is 1. The fourth-order valence-electron chi connectivity index (χ4n) is 1.74. The summed E-state index contributed by atoms with van der Waals surface area (Å²) in [5.41, 5.74) is 0.962. The molecule has 4 nitrogen and oxygen atoms in total. The minimum absolute atomic E-state index is 0.0509. The average molecular weight is 276 g/mol. The summed E-state index contributed by atoms with van der Waals surface area (Å²) in [4.78, 5) is 23.7. The lowest BCUT2D eigenvalue weighted by molar-refractivity contribution is -0.146. The molecule has 0 aliphatic heterocycles. The van der Waals surface area contributed by atoms with E-state index in [1.54, 1.807) is 19.9 Å². The van der Waals surface area contributed by atoms with Gasteiger partial charge in [0.15, 0.2) is 0 Å². The number of ether oxygens (including phenoxy) is 2. The predicted octanol–water partition coefficient (Wildman–Crippen LogP) is 2.84. The van der Waals surface area contributed by atoms with E-state index in [4.69, 9.17) is 9.47 Å². The van der Waals surface area contributed by atoms with E-state index in [0.29, 0.717) is 0 Å². The van der Waals surface area contributed by atoms with E-state index in [1.165, 1.54) is 0 Å². The molecule has 0 aromatic heterocycles. The second-order valence-electron chi connectivity index (χ2n) is 4.22. The van der Waals surface area contributed by atoms with Crippen LogP contribution in [0.15, 0.2) is 42.0 Å². The number of hydrogen-bond acceptors (Lipinski definition) is 4. The highest BCUT2D eigenvalue weighted by Crippen LogP contribution is 2.19. The van der Waals surface area contributed by atoms with Crippen LogP contribution in [0.5, 0.6) is 0 Å². The van der Waals surface area contributed by atoms with Gasteiger partial charge in [-0.05, 0) is 19.4 Å². The molecule has 1 rings (SSSR count). The van der Waals surface area contributed by atoms with Crippen molar-refractivity contribution in [3.05, 3.63) is 47.5 Å². The third-order valence-corrected chi connectivity index (χ3v) is 2.73. The molecule has 0 aliphatic rings. The summed E-state index contributed by atoms with van der Waals surface area (Å²) in [6.07, 6.45) is 1.59. The Bertz CT molecular complexity index is 457. The zero-order chi connectivity index (χ0) is 15.0. The van der Waals surface area contributed by atoms with Crippen LogP contribution in [0.4, 0.5) is 0 Å². The molecule has 0 saturated heterocycles. The van der Waals surface area contributed by atoms with Crippen molar-refractivity contribution in [2.75, 3.05) is 13.2 Å². The van der Waals surface area contributed by atoms with E-state index in [2.05, 4.69) is 0 Å². The highest BCUT2D eigenvalue weighted by molar-refractivity contribution is 6.14. The van der Waals surface area contributed by atoms with E-state index in [1.807, 2.05) is 37.3 Å². The van der Waals surface area contributed by atoms with E-state index in [9.17, 15) is 9.59 Å². The van der Waals surface area contributed by atoms with Crippen LogP contribution in [0.3, 0.4) is 0 Å². The van der Waals surface area contributed by atoms with Crippen LogP contribution in [-0.2, 0) is 19.1 Å². The number of carbonyl (C=O) groups excluding carboxylic acids is 2. The Labute approximate surface area is 119 Å². The van der Waals surface area contributed by atoms with Gasteiger partial charge >= 0.3 is 11.9 Å². The molecule has 108 valence electrons. The SMILES string of the molecule is CCOC(=O)C(=C[C@H](C)c1ccccc1)C(=O)OCC. The molecule has 0 N–H and O–H groups in total. The quantitative estimate of drug-likeness (QED) is 0.347. The van der Waals surface area contributed by atoms with Crippen molar-refractivity contribution in [2.45, 2.75) is 26.7 Å². The zero-order valence-corrected chi connectivity index (χ0v) is 12.1. The molecular formula is C16H20O4. The molecule has 1 aromatic carbocycles. The summed E-state index contributed by atoms with van der Waals surface area (Å²) in [6.45, 7) is 5.74. The van der Waals surface area contributed by atoms with Gasteiger partial charge in [0.25, 0.3) is 0 Å². The molecule has 1 aromatic rings. The van der Waals surface area contributed by atoms with Gasteiger partial charge in [-0.3, -0.25) is 0 Å². The zero-order valence-electron chi connectivity index (χ0n) is 12.1. The lowest BCUT2D eigenvalue weighted by Crippen LogP contribution is -2.19. The lowest BCUT2D eigenvalue weighted by atomic mass is 9.98. The Morgan fingerprint density at radius 3 is 2.00 bits per heavy atom. The van der Waals surface area contributed by atoms with Gasteiger partial charge in [0.2, 0.25) is 0 Å². The molecule has 0 bridgehead atoms. The third kappa shape index (κ3) is 4.53. The van der Waals surface area contributed by atoms with Gasteiger partial charge in [0.1, 0.15) is 5.57 Å².